The molecule has 1 aliphatic heterocycles. The molecular formula is C62H44N2O2. The summed E-state index contributed by atoms with van der Waals surface area (Å²) in [5.41, 5.74) is 16.6. The second kappa shape index (κ2) is 15.4. The van der Waals surface area contributed by atoms with Crippen molar-refractivity contribution in [2.75, 3.05) is 9.80 Å². The number of allylic oxidation sites excluding steroid dienone is 2. The summed E-state index contributed by atoms with van der Waals surface area (Å²) >= 11 is 0. The minimum atomic E-state index is -0.528. The van der Waals surface area contributed by atoms with Crippen LogP contribution in [0.4, 0.5) is 28.4 Å². The summed E-state index contributed by atoms with van der Waals surface area (Å²) in [5.74, 6) is 1.14. The maximum absolute atomic E-state index is 6.67. The van der Waals surface area contributed by atoms with Crippen LogP contribution in [0.15, 0.2) is 247 Å². The van der Waals surface area contributed by atoms with Crippen molar-refractivity contribution in [2.24, 2.45) is 0 Å². The average molecular weight is 849 g/mol. The minimum Gasteiger partial charge on any atom is -0.485 e. The van der Waals surface area contributed by atoms with E-state index in [1.807, 2.05) is 0 Å². The summed E-state index contributed by atoms with van der Waals surface area (Å²) in [7, 11) is 0. The highest BCUT2D eigenvalue weighted by Crippen LogP contribution is 2.56. The standard InChI is InChI=1S/C62H44N2O2/c1-4-18-43(19-5-1)62(54-29-13-10-26-49(54)50-27-11-14-30-55(50)62)44-20-16-25-47(39-44)63(48-35-36-52-51-28-12-15-32-57(51)66-60(52)40-48)41-42-34-37-58-53(38-42)61-56(31-17-33-59(61)65-58)64(45-21-6-2-7-22-45)46-23-8-3-9-24-46/h1-40,51,57H,41H2. The molecule has 0 bridgehead atoms. The van der Waals surface area contributed by atoms with E-state index >= 15 is 0 Å². The number of fused-ring (bicyclic) bond motifs is 9. The Labute approximate surface area is 384 Å². The van der Waals surface area contributed by atoms with Gasteiger partial charge >= 0.3 is 0 Å². The van der Waals surface area contributed by atoms with E-state index in [9.17, 15) is 0 Å². The molecular weight excluding hydrogens is 805 g/mol. The van der Waals surface area contributed by atoms with Crippen LogP contribution >= 0.6 is 0 Å². The molecule has 0 saturated heterocycles. The third-order valence-electron chi connectivity index (χ3n) is 13.9. The molecule has 10 aromatic rings. The van der Waals surface area contributed by atoms with E-state index in [4.69, 9.17) is 9.15 Å². The van der Waals surface area contributed by atoms with E-state index < -0.39 is 5.41 Å². The maximum Gasteiger partial charge on any atom is 0.137 e. The summed E-state index contributed by atoms with van der Waals surface area (Å²) < 4.78 is 13.3. The lowest BCUT2D eigenvalue weighted by Gasteiger charge is -2.35. The third-order valence-corrected chi connectivity index (χ3v) is 13.9. The van der Waals surface area contributed by atoms with Crippen LogP contribution in [-0.4, -0.2) is 6.10 Å². The fraction of sp³-hybridized carbons (Fsp3) is 0.0645. The quantitative estimate of drug-likeness (QED) is 0.145. The zero-order valence-electron chi connectivity index (χ0n) is 36.2. The van der Waals surface area contributed by atoms with Crippen LogP contribution in [0.5, 0.6) is 5.75 Å². The number of ether oxygens (including phenoxy) is 1. The van der Waals surface area contributed by atoms with Crippen LogP contribution in [-0.2, 0) is 12.0 Å². The van der Waals surface area contributed by atoms with E-state index in [2.05, 4.69) is 252 Å². The maximum atomic E-state index is 6.67. The van der Waals surface area contributed by atoms with Gasteiger partial charge in [0, 0.05) is 52.2 Å². The van der Waals surface area contributed by atoms with Gasteiger partial charge in [0.2, 0.25) is 0 Å². The fourth-order valence-corrected chi connectivity index (χ4v) is 11.0. The molecule has 0 spiro atoms. The Balaban J connectivity index is 0.988. The molecule has 1 aromatic heterocycles. The average Bonchev–Trinajstić information content (AvgIpc) is 4.05. The Kier molecular flexibility index (Phi) is 8.92. The molecule has 0 fully saturated rings. The van der Waals surface area contributed by atoms with Gasteiger partial charge in [-0.05, 0) is 112 Å². The van der Waals surface area contributed by atoms with E-state index in [0.717, 1.165) is 61.7 Å². The number of furan rings is 1. The molecule has 66 heavy (non-hydrogen) atoms. The number of para-hydroxylation sites is 2. The largest absolute Gasteiger partial charge is 0.485 e. The second-order valence-corrected chi connectivity index (χ2v) is 17.5. The van der Waals surface area contributed by atoms with Crippen molar-refractivity contribution < 1.29 is 9.15 Å². The van der Waals surface area contributed by atoms with E-state index in [1.54, 1.807) is 0 Å². The van der Waals surface area contributed by atoms with Gasteiger partial charge in [0.15, 0.2) is 0 Å². The normalized spacial score (nSPS) is 16.1. The van der Waals surface area contributed by atoms with E-state index in [0.29, 0.717) is 6.54 Å². The number of benzene rings is 9. The van der Waals surface area contributed by atoms with Gasteiger partial charge in [-0.25, -0.2) is 0 Å². The van der Waals surface area contributed by atoms with Crippen molar-refractivity contribution in [3.8, 4) is 16.9 Å². The van der Waals surface area contributed by atoms with Crippen molar-refractivity contribution in [1.29, 1.82) is 0 Å². The monoisotopic (exact) mass is 848 g/mol. The summed E-state index contributed by atoms with van der Waals surface area (Å²) in [4.78, 5) is 4.78. The molecule has 0 N–H and O–H groups in total. The fourth-order valence-electron chi connectivity index (χ4n) is 11.0. The highest BCUT2D eigenvalue weighted by atomic mass is 16.5. The molecule has 3 aliphatic rings. The summed E-state index contributed by atoms with van der Waals surface area (Å²) in [6, 6.07) is 79.2. The Morgan fingerprint density at radius 2 is 1.09 bits per heavy atom. The van der Waals surface area contributed by atoms with Gasteiger partial charge in [0.25, 0.3) is 0 Å². The summed E-state index contributed by atoms with van der Waals surface area (Å²) in [6.45, 7) is 0.603. The van der Waals surface area contributed by atoms with Crippen molar-refractivity contribution in [3.05, 3.63) is 276 Å². The van der Waals surface area contributed by atoms with Gasteiger partial charge < -0.3 is 19.0 Å². The smallest absolute Gasteiger partial charge is 0.137 e. The second-order valence-electron chi connectivity index (χ2n) is 17.5. The zero-order chi connectivity index (χ0) is 43.6. The number of hydrogen-bond donors (Lipinski definition) is 0. The molecule has 0 amide bonds. The predicted molar refractivity (Wildman–Crippen MR) is 270 cm³/mol. The van der Waals surface area contributed by atoms with Crippen LogP contribution in [0.1, 0.15) is 39.3 Å². The van der Waals surface area contributed by atoms with Gasteiger partial charge in [0.1, 0.15) is 23.0 Å². The molecule has 0 saturated carbocycles. The lowest BCUT2D eigenvalue weighted by atomic mass is 9.67. The summed E-state index contributed by atoms with van der Waals surface area (Å²) in [5, 5.41) is 2.15. The molecule has 13 rings (SSSR count). The van der Waals surface area contributed by atoms with Crippen LogP contribution in [0.3, 0.4) is 0 Å². The number of hydrogen-bond acceptors (Lipinski definition) is 4. The van der Waals surface area contributed by atoms with Gasteiger partial charge in [0.05, 0.1) is 16.5 Å². The highest BCUT2D eigenvalue weighted by molar-refractivity contribution is 6.13. The molecule has 2 unspecified atom stereocenters. The van der Waals surface area contributed by atoms with Gasteiger partial charge in [-0.15, -0.1) is 0 Å². The van der Waals surface area contributed by atoms with Gasteiger partial charge in [-0.1, -0.05) is 164 Å². The molecule has 9 aromatic carbocycles. The number of nitrogens with zero attached hydrogens (tertiary/aromatic N) is 2. The van der Waals surface area contributed by atoms with Crippen LogP contribution < -0.4 is 14.5 Å². The molecule has 314 valence electrons. The minimum absolute atomic E-state index is 0.00238. The van der Waals surface area contributed by atoms with E-state index in [-0.39, 0.29) is 12.0 Å². The third kappa shape index (κ3) is 5.99. The molecule has 2 heterocycles. The Hall–Kier alpha value is -8.34. The highest BCUT2D eigenvalue weighted by Gasteiger charge is 2.46. The van der Waals surface area contributed by atoms with Crippen molar-refractivity contribution >= 4 is 50.4 Å². The first-order valence-corrected chi connectivity index (χ1v) is 22.9. The molecule has 4 nitrogen and oxygen atoms in total. The van der Waals surface area contributed by atoms with Crippen LogP contribution in [0.25, 0.3) is 33.1 Å². The van der Waals surface area contributed by atoms with Crippen LogP contribution in [0.2, 0.25) is 0 Å². The van der Waals surface area contributed by atoms with Crippen molar-refractivity contribution in [1.82, 2.24) is 0 Å². The number of rotatable bonds is 9. The van der Waals surface area contributed by atoms with E-state index in [1.165, 1.54) is 38.9 Å². The van der Waals surface area contributed by atoms with Gasteiger partial charge in [-0.2, -0.15) is 0 Å². The lowest BCUT2D eigenvalue weighted by Crippen LogP contribution is -2.29. The Morgan fingerprint density at radius 1 is 0.470 bits per heavy atom. The predicted octanol–water partition coefficient (Wildman–Crippen LogP) is 15.7. The van der Waals surface area contributed by atoms with Crippen molar-refractivity contribution in [3.63, 3.8) is 0 Å². The SMILES string of the molecule is C1=CC2Oc3cc(N(Cc4ccc5oc6cccc(N(c7ccccc7)c7ccccc7)c6c5c4)c4cccc(C5(c6ccccc6)c6ccccc6-c6ccccc65)c4)ccc3C2C=C1. The van der Waals surface area contributed by atoms with Gasteiger partial charge in [-0.3, -0.25) is 0 Å². The Bertz CT molecular complexity index is 3430. The first kappa shape index (κ1) is 38.1. The van der Waals surface area contributed by atoms with Crippen LogP contribution in [0, 0.1) is 0 Å². The Morgan fingerprint density at radius 3 is 1.83 bits per heavy atom. The molecule has 2 aliphatic carbocycles. The lowest BCUT2D eigenvalue weighted by molar-refractivity contribution is 0.269. The zero-order valence-corrected chi connectivity index (χ0v) is 36.2. The molecule has 4 heteroatoms. The first-order chi connectivity index (χ1) is 32.7. The van der Waals surface area contributed by atoms with Crippen molar-refractivity contribution in [2.45, 2.75) is 24.0 Å². The molecule has 0 radical (unpaired) electrons. The summed E-state index contributed by atoms with van der Waals surface area (Å²) in [6.07, 6.45) is 8.65. The number of anilines is 5. The first-order valence-electron chi connectivity index (χ1n) is 22.9. The molecule has 2 atom stereocenters. The topological polar surface area (TPSA) is 28.9 Å².